The van der Waals surface area contributed by atoms with Crippen molar-refractivity contribution in [1.82, 2.24) is 15.1 Å². The third-order valence-electron chi connectivity index (χ3n) is 5.30. The summed E-state index contributed by atoms with van der Waals surface area (Å²) >= 11 is 0. The molecule has 2 N–H and O–H groups in total. The summed E-state index contributed by atoms with van der Waals surface area (Å²) in [7, 11) is 0. The number of nitrogens with zero attached hydrogens (tertiary/aromatic N) is 2. The number of nitrogens with one attached hydrogen (secondary N) is 2. The van der Waals surface area contributed by atoms with Crippen LogP contribution >= 0.6 is 0 Å². The van der Waals surface area contributed by atoms with Crippen LogP contribution in [0.4, 0.5) is 23.2 Å². The molecule has 2 heterocycles. The number of aromatic nitrogens is 2. The summed E-state index contributed by atoms with van der Waals surface area (Å²) in [6.07, 6.45) is -1.55. The highest BCUT2D eigenvalue weighted by Crippen LogP contribution is 2.32. The molecule has 0 bridgehead atoms. The first kappa shape index (κ1) is 21.0. The van der Waals surface area contributed by atoms with Gasteiger partial charge in [0.1, 0.15) is 5.82 Å². The molecule has 1 amide bonds. The van der Waals surface area contributed by atoms with Gasteiger partial charge >= 0.3 is 6.18 Å². The summed E-state index contributed by atoms with van der Waals surface area (Å²) in [6, 6.07) is 10.3. The first-order chi connectivity index (χ1) is 14.8. The van der Waals surface area contributed by atoms with Gasteiger partial charge in [-0.15, -0.1) is 0 Å². The van der Waals surface area contributed by atoms with Gasteiger partial charge in [-0.3, -0.25) is 4.79 Å². The second-order valence-corrected chi connectivity index (χ2v) is 7.39. The standard InChI is InChI=1S/C22H20F4N4O/c23-16-4-6-18(7-5-16)30-20(14-8-10-27-11-9-14)19(13-28-30)21(31)29-17-3-1-2-15(12-17)22(24,25)26/h1-7,12-14,27H,8-11H2,(H,29,31). The van der Waals surface area contributed by atoms with Crippen LogP contribution in [0, 0.1) is 5.82 Å². The van der Waals surface area contributed by atoms with Crippen molar-refractivity contribution in [2.24, 2.45) is 0 Å². The van der Waals surface area contributed by atoms with E-state index >= 15 is 0 Å². The molecule has 9 heteroatoms. The van der Waals surface area contributed by atoms with E-state index in [9.17, 15) is 22.4 Å². The summed E-state index contributed by atoms with van der Waals surface area (Å²) in [5, 5.41) is 10.2. The zero-order valence-electron chi connectivity index (χ0n) is 16.4. The smallest absolute Gasteiger partial charge is 0.322 e. The van der Waals surface area contributed by atoms with Crippen molar-refractivity contribution in [3.8, 4) is 5.69 Å². The van der Waals surface area contributed by atoms with Crippen LogP contribution in [0.25, 0.3) is 5.69 Å². The third kappa shape index (κ3) is 4.61. The Hall–Kier alpha value is -3.20. The molecule has 0 aliphatic carbocycles. The SMILES string of the molecule is O=C(Nc1cccc(C(F)(F)F)c1)c1cnn(-c2ccc(F)cc2)c1C1CCNCC1. The van der Waals surface area contributed by atoms with Gasteiger partial charge in [-0.1, -0.05) is 6.07 Å². The van der Waals surface area contributed by atoms with Gasteiger partial charge in [0.25, 0.3) is 5.91 Å². The monoisotopic (exact) mass is 432 g/mol. The Balaban J connectivity index is 1.69. The molecule has 0 radical (unpaired) electrons. The minimum absolute atomic E-state index is 0.0241. The molecule has 31 heavy (non-hydrogen) atoms. The number of carbonyl (C=O) groups is 1. The number of piperidine rings is 1. The highest BCUT2D eigenvalue weighted by atomic mass is 19.4. The molecule has 5 nitrogen and oxygen atoms in total. The van der Waals surface area contributed by atoms with Crippen LogP contribution in [-0.2, 0) is 6.18 Å². The Labute approximate surface area is 176 Å². The Bertz CT molecular complexity index is 1070. The van der Waals surface area contributed by atoms with Gasteiger partial charge in [-0.05, 0) is 68.4 Å². The van der Waals surface area contributed by atoms with Crippen LogP contribution in [0.1, 0.15) is 40.4 Å². The molecular weight excluding hydrogens is 412 g/mol. The van der Waals surface area contributed by atoms with Crippen molar-refractivity contribution >= 4 is 11.6 Å². The van der Waals surface area contributed by atoms with E-state index in [0.717, 1.165) is 38.1 Å². The van der Waals surface area contributed by atoms with E-state index in [1.165, 1.54) is 30.5 Å². The second kappa shape index (κ2) is 8.50. The maximum absolute atomic E-state index is 13.4. The first-order valence-corrected chi connectivity index (χ1v) is 9.86. The van der Waals surface area contributed by atoms with Gasteiger partial charge in [-0.2, -0.15) is 18.3 Å². The number of amides is 1. The molecule has 1 fully saturated rings. The molecule has 0 atom stereocenters. The van der Waals surface area contributed by atoms with Crippen LogP contribution in [0.3, 0.4) is 0 Å². The van der Waals surface area contributed by atoms with E-state index < -0.39 is 17.6 Å². The van der Waals surface area contributed by atoms with E-state index in [1.807, 2.05) is 0 Å². The molecule has 0 saturated carbocycles. The maximum atomic E-state index is 13.4. The lowest BCUT2D eigenvalue weighted by atomic mass is 9.91. The van der Waals surface area contributed by atoms with Gasteiger partial charge in [-0.25, -0.2) is 9.07 Å². The minimum Gasteiger partial charge on any atom is -0.322 e. The Morgan fingerprint density at radius 1 is 1.10 bits per heavy atom. The van der Waals surface area contributed by atoms with Crippen LogP contribution in [0.15, 0.2) is 54.7 Å². The molecule has 3 aromatic rings. The quantitative estimate of drug-likeness (QED) is 0.585. The zero-order valence-corrected chi connectivity index (χ0v) is 16.4. The fourth-order valence-electron chi connectivity index (χ4n) is 3.78. The fraction of sp³-hybridized carbons (Fsp3) is 0.273. The zero-order chi connectivity index (χ0) is 22.0. The van der Waals surface area contributed by atoms with Gasteiger partial charge < -0.3 is 10.6 Å². The molecule has 4 rings (SSSR count). The second-order valence-electron chi connectivity index (χ2n) is 7.39. The molecule has 1 saturated heterocycles. The van der Waals surface area contributed by atoms with Gasteiger partial charge in [0.2, 0.25) is 0 Å². The molecule has 162 valence electrons. The lowest BCUT2D eigenvalue weighted by molar-refractivity contribution is -0.137. The lowest BCUT2D eigenvalue weighted by Gasteiger charge is -2.24. The molecule has 1 aromatic heterocycles. The average Bonchev–Trinajstić information content (AvgIpc) is 3.20. The minimum atomic E-state index is -4.51. The summed E-state index contributed by atoms with van der Waals surface area (Å²) in [6.45, 7) is 1.54. The number of rotatable bonds is 4. The van der Waals surface area contributed by atoms with E-state index in [1.54, 1.807) is 16.8 Å². The number of halogens is 4. The van der Waals surface area contributed by atoms with E-state index in [-0.39, 0.29) is 23.0 Å². The third-order valence-corrected chi connectivity index (χ3v) is 5.30. The topological polar surface area (TPSA) is 59.0 Å². The normalized spacial score (nSPS) is 15.1. The molecule has 0 spiro atoms. The number of hydrogen-bond acceptors (Lipinski definition) is 3. The van der Waals surface area contributed by atoms with Crippen LogP contribution in [0.2, 0.25) is 0 Å². The van der Waals surface area contributed by atoms with Crippen molar-refractivity contribution in [2.45, 2.75) is 24.9 Å². The van der Waals surface area contributed by atoms with Crippen molar-refractivity contribution in [3.05, 3.63) is 77.4 Å². The predicted octanol–water partition coefficient (Wildman–Crippen LogP) is 4.75. The van der Waals surface area contributed by atoms with Crippen molar-refractivity contribution < 1.29 is 22.4 Å². The summed E-state index contributed by atoms with van der Waals surface area (Å²) in [5.74, 6) is -0.904. The van der Waals surface area contributed by atoms with E-state index in [4.69, 9.17) is 0 Å². The summed E-state index contributed by atoms with van der Waals surface area (Å²) < 4.78 is 54.0. The highest BCUT2D eigenvalue weighted by molar-refractivity contribution is 6.05. The van der Waals surface area contributed by atoms with E-state index in [0.29, 0.717) is 11.4 Å². The summed E-state index contributed by atoms with van der Waals surface area (Å²) in [4.78, 5) is 13.0. The number of alkyl halides is 3. The van der Waals surface area contributed by atoms with Crippen LogP contribution in [0.5, 0.6) is 0 Å². The highest BCUT2D eigenvalue weighted by Gasteiger charge is 2.31. The first-order valence-electron chi connectivity index (χ1n) is 9.86. The number of anilines is 1. The van der Waals surface area contributed by atoms with Gasteiger partial charge in [0.05, 0.1) is 28.7 Å². The maximum Gasteiger partial charge on any atom is 0.416 e. The number of benzene rings is 2. The van der Waals surface area contributed by atoms with Crippen LogP contribution in [-0.4, -0.2) is 28.8 Å². The lowest BCUT2D eigenvalue weighted by Crippen LogP contribution is -2.29. The predicted molar refractivity (Wildman–Crippen MR) is 108 cm³/mol. The van der Waals surface area contributed by atoms with Crippen molar-refractivity contribution in [3.63, 3.8) is 0 Å². The van der Waals surface area contributed by atoms with Gasteiger partial charge in [0, 0.05) is 11.6 Å². The Morgan fingerprint density at radius 2 is 1.81 bits per heavy atom. The molecule has 2 aromatic carbocycles. The van der Waals surface area contributed by atoms with Crippen LogP contribution < -0.4 is 10.6 Å². The largest absolute Gasteiger partial charge is 0.416 e. The Morgan fingerprint density at radius 3 is 2.48 bits per heavy atom. The average molecular weight is 432 g/mol. The fourth-order valence-corrected chi connectivity index (χ4v) is 3.78. The molecule has 1 aliphatic heterocycles. The van der Waals surface area contributed by atoms with Crippen molar-refractivity contribution in [1.29, 1.82) is 0 Å². The molecule has 0 unspecified atom stereocenters. The summed E-state index contributed by atoms with van der Waals surface area (Å²) in [5.41, 5.74) is 0.760. The van der Waals surface area contributed by atoms with E-state index in [2.05, 4.69) is 15.7 Å². The van der Waals surface area contributed by atoms with Gasteiger partial charge in [0.15, 0.2) is 0 Å². The number of hydrogen-bond donors (Lipinski definition) is 2. The molecule has 1 aliphatic rings. The number of carbonyl (C=O) groups excluding carboxylic acids is 1. The van der Waals surface area contributed by atoms with Crippen molar-refractivity contribution in [2.75, 3.05) is 18.4 Å². The Kier molecular flexibility index (Phi) is 5.77. The molecular formula is C22H20F4N4O.